The monoisotopic (exact) mass is 879 g/mol. The summed E-state index contributed by atoms with van der Waals surface area (Å²) in [5.41, 5.74) is 1.88. The highest BCUT2D eigenvalue weighted by molar-refractivity contribution is 6.03. The van der Waals surface area contributed by atoms with Gasteiger partial charge in [-0.05, 0) is 49.8 Å². The topological polar surface area (TPSA) is 170 Å². The van der Waals surface area contributed by atoms with Crippen LogP contribution in [0.15, 0.2) is 55.3 Å². The molecule has 0 spiro atoms. The first-order valence-electron chi connectivity index (χ1n) is 21.1. The molecule has 4 aromatic rings. The molecule has 3 N–H and O–H groups in total. The van der Waals surface area contributed by atoms with E-state index in [9.17, 15) is 19.2 Å². The number of aromatic nitrogens is 2. The number of halogens is 2. The molecule has 0 aliphatic carbocycles. The Kier molecular flexibility index (Phi) is 25.6. The van der Waals surface area contributed by atoms with Gasteiger partial charge in [0, 0.05) is 77.7 Å². The molecular formula is C47H63F2N5O9. The molecule has 0 aliphatic rings. The van der Waals surface area contributed by atoms with Gasteiger partial charge in [0.1, 0.15) is 18.9 Å². The molecule has 2 heterocycles. The van der Waals surface area contributed by atoms with Crippen molar-refractivity contribution in [2.24, 2.45) is 0 Å². The Morgan fingerprint density at radius 1 is 0.889 bits per heavy atom. The fraction of sp³-hybridized carbons (Fsp3) is 0.426. The van der Waals surface area contributed by atoms with E-state index in [0.29, 0.717) is 105 Å². The standard InChI is InChI=1S/C43H51F2N5O9.2C2H6/c1-5-8-35-32(6-2)39-36(49-35)26-34(40(44)41(39)45)29-10-13-38(48-27-29)59-24-23-58-22-21-57-20-19-56-18-17-55-16-14-47-31-11-12-33(30(25-31)28-52)43(54)50(4)37(9-7-15-51)42(53)46-3;2*1-2/h5-6,8,10-13,15,25-28,37,47,49H,1,7,9,14,16-24H2,2-4H3,(H,46,53);2*1-2H3/b32-6+,35-8+;;. The number of aromatic amines is 1. The molecule has 0 aliphatic heterocycles. The number of nitrogens with zero attached hydrogens (tertiary/aromatic N) is 2. The Morgan fingerprint density at radius 2 is 1.52 bits per heavy atom. The molecule has 16 heteroatoms. The Morgan fingerprint density at radius 3 is 2.08 bits per heavy atom. The zero-order chi connectivity index (χ0) is 46.6. The van der Waals surface area contributed by atoms with Gasteiger partial charge in [-0.2, -0.15) is 0 Å². The summed E-state index contributed by atoms with van der Waals surface area (Å²) in [5, 5.41) is 7.04. The van der Waals surface area contributed by atoms with Gasteiger partial charge in [-0.25, -0.2) is 13.8 Å². The van der Waals surface area contributed by atoms with Crippen LogP contribution < -0.4 is 25.9 Å². The van der Waals surface area contributed by atoms with Crippen LogP contribution in [0.25, 0.3) is 34.2 Å². The summed E-state index contributed by atoms with van der Waals surface area (Å²) in [4.78, 5) is 56.6. The van der Waals surface area contributed by atoms with Gasteiger partial charge < -0.3 is 49.0 Å². The quantitative estimate of drug-likeness (QED) is 0.0510. The van der Waals surface area contributed by atoms with E-state index in [1.165, 1.54) is 31.3 Å². The second kappa shape index (κ2) is 30.3. The van der Waals surface area contributed by atoms with Crippen LogP contribution in [0.1, 0.15) is 68.2 Å². The third kappa shape index (κ3) is 16.1. The van der Waals surface area contributed by atoms with Gasteiger partial charge in [0.05, 0.1) is 63.9 Å². The van der Waals surface area contributed by atoms with E-state index < -0.39 is 29.5 Å². The summed E-state index contributed by atoms with van der Waals surface area (Å²) < 4.78 is 58.0. The number of H-pyrrole nitrogens is 1. The zero-order valence-electron chi connectivity index (χ0n) is 37.5. The van der Waals surface area contributed by atoms with Gasteiger partial charge in [0.15, 0.2) is 17.9 Å². The van der Waals surface area contributed by atoms with Crippen LogP contribution >= 0.6 is 0 Å². The fourth-order valence-corrected chi connectivity index (χ4v) is 6.14. The van der Waals surface area contributed by atoms with Crippen molar-refractivity contribution in [3.8, 4) is 17.0 Å². The van der Waals surface area contributed by atoms with E-state index in [1.54, 1.807) is 55.5 Å². The van der Waals surface area contributed by atoms with Gasteiger partial charge in [0.25, 0.3) is 5.91 Å². The fourth-order valence-electron chi connectivity index (χ4n) is 6.14. The third-order valence-corrected chi connectivity index (χ3v) is 9.13. The molecule has 63 heavy (non-hydrogen) atoms. The first-order chi connectivity index (χ1) is 30.7. The lowest BCUT2D eigenvalue weighted by molar-refractivity contribution is -0.125. The van der Waals surface area contributed by atoms with Crippen molar-refractivity contribution >= 4 is 53.1 Å². The minimum Gasteiger partial charge on any atom is -0.475 e. The van der Waals surface area contributed by atoms with E-state index in [4.69, 9.17) is 23.7 Å². The van der Waals surface area contributed by atoms with Crippen molar-refractivity contribution in [2.45, 2.75) is 53.5 Å². The second-order valence-corrected chi connectivity index (χ2v) is 12.9. The number of amides is 2. The molecule has 0 bridgehead atoms. The van der Waals surface area contributed by atoms with Crippen LogP contribution in [-0.2, 0) is 28.5 Å². The highest BCUT2D eigenvalue weighted by Crippen LogP contribution is 2.29. The number of pyridine rings is 1. The number of likely N-dealkylation sites (N-methyl/N-ethyl adjacent to an activating group) is 2. The summed E-state index contributed by atoms with van der Waals surface area (Å²) in [7, 11) is 2.91. The molecule has 344 valence electrons. The van der Waals surface area contributed by atoms with E-state index in [1.807, 2.05) is 27.7 Å². The molecule has 4 rings (SSSR count). The van der Waals surface area contributed by atoms with Crippen molar-refractivity contribution in [3.63, 3.8) is 0 Å². The summed E-state index contributed by atoms with van der Waals surface area (Å²) >= 11 is 0. The Labute approximate surface area is 368 Å². The lowest BCUT2D eigenvalue weighted by atomic mass is 10.0. The molecular weight excluding hydrogens is 817 g/mol. The van der Waals surface area contributed by atoms with Crippen LogP contribution in [0.5, 0.6) is 5.88 Å². The molecule has 2 aromatic heterocycles. The van der Waals surface area contributed by atoms with Crippen molar-refractivity contribution in [1.82, 2.24) is 20.2 Å². The van der Waals surface area contributed by atoms with E-state index in [-0.39, 0.29) is 41.5 Å². The number of hydrogen-bond donors (Lipinski definition) is 3. The number of ether oxygens (including phenoxy) is 5. The van der Waals surface area contributed by atoms with E-state index >= 15 is 8.78 Å². The van der Waals surface area contributed by atoms with Crippen LogP contribution in [0.4, 0.5) is 14.5 Å². The largest absolute Gasteiger partial charge is 0.475 e. The molecule has 14 nitrogen and oxygen atoms in total. The smallest absolute Gasteiger partial charge is 0.255 e. The van der Waals surface area contributed by atoms with Gasteiger partial charge in [-0.15, -0.1) is 0 Å². The highest BCUT2D eigenvalue weighted by atomic mass is 19.2. The molecule has 0 radical (unpaired) electrons. The number of carbonyl (C=O) groups excluding carboxylic acids is 4. The van der Waals surface area contributed by atoms with Crippen LogP contribution in [0, 0.1) is 11.6 Å². The molecule has 1 atom stereocenters. The van der Waals surface area contributed by atoms with Crippen LogP contribution in [-0.4, -0.2) is 125 Å². The predicted molar refractivity (Wildman–Crippen MR) is 243 cm³/mol. The molecule has 2 aromatic carbocycles. The number of fused-ring (bicyclic) bond motifs is 1. The van der Waals surface area contributed by atoms with Gasteiger partial charge in [-0.1, -0.05) is 46.4 Å². The minimum absolute atomic E-state index is 0.0811. The van der Waals surface area contributed by atoms with E-state index in [0.717, 1.165) is 0 Å². The van der Waals surface area contributed by atoms with Crippen LogP contribution in [0.3, 0.4) is 0 Å². The Balaban J connectivity index is 0.00000331. The van der Waals surface area contributed by atoms with Gasteiger partial charge in [0.2, 0.25) is 11.8 Å². The molecule has 0 fully saturated rings. The number of allylic oxidation sites excluding steroid dienone is 1. The maximum atomic E-state index is 15.1. The number of nitrogens with one attached hydrogen (secondary N) is 3. The first kappa shape index (κ1) is 53.3. The SMILES string of the molecule is C=C/C=c1/[nH]c2cc(-c3ccc(OCCOCCOCCOCCOCCNc4ccc(C(=O)N(C)C(CCC=O)C(=O)NC)c(C=O)c4)nc3)c(F)c(F)c2/c1=C/C.CC.CC. The number of hydrogen-bond acceptors (Lipinski definition) is 11. The third-order valence-electron chi connectivity index (χ3n) is 9.13. The Bertz CT molecular complexity index is 2160. The molecule has 2 amide bonds. The van der Waals surface area contributed by atoms with Crippen molar-refractivity contribution in [2.75, 3.05) is 85.4 Å². The average molecular weight is 880 g/mol. The molecule has 0 saturated carbocycles. The number of carbonyl (C=O) groups is 4. The maximum absolute atomic E-state index is 15.1. The first-order valence-corrected chi connectivity index (χ1v) is 21.1. The molecule has 1 unspecified atom stereocenters. The zero-order valence-corrected chi connectivity index (χ0v) is 37.5. The lowest BCUT2D eigenvalue weighted by Gasteiger charge is -2.27. The van der Waals surface area contributed by atoms with Gasteiger partial charge >= 0.3 is 0 Å². The number of rotatable bonds is 26. The summed E-state index contributed by atoms with van der Waals surface area (Å²) in [6.45, 7) is 17.0. The van der Waals surface area contributed by atoms with E-state index in [2.05, 4.69) is 27.2 Å². The van der Waals surface area contributed by atoms with Crippen molar-refractivity contribution in [1.29, 1.82) is 0 Å². The molecule has 0 saturated heterocycles. The van der Waals surface area contributed by atoms with Crippen molar-refractivity contribution < 1.29 is 51.6 Å². The van der Waals surface area contributed by atoms with Crippen molar-refractivity contribution in [3.05, 3.63) is 88.6 Å². The normalized spacial score (nSPS) is 11.8. The summed E-state index contributed by atoms with van der Waals surface area (Å²) in [6, 6.07) is 8.65. The average Bonchev–Trinajstić information content (AvgIpc) is 3.68. The highest BCUT2D eigenvalue weighted by Gasteiger charge is 2.28. The number of benzene rings is 2. The number of aldehydes is 2. The van der Waals surface area contributed by atoms with Crippen LogP contribution in [0.2, 0.25) is 0 Å². The predicted octanol–water partition coefficient (Wildman–Crippen LogP) is 5.86. The summed E-state index contributed by atoms with van der Waals surface area (Å²) in [6.07, 6.45) is 7.98. The van der Waals surface area contributed by atoms with Gasteiger partial charge in [-0.3, -0.25) is 14.4 Å². The number of anilines is 1. The minimum atomic E-state index is -0.957. The second-order valence-electron chi connectivity index (χ2n) is 12.9. The Hall–Kier alpha value is -5.81. The summed E-state index contributed by atoms with van der Waals surface area (Å²) in [5.74, 6) is -2.48. The maximum Gasteiger partial charge on any atom is 0.255 e. The lowest BCUT2D eigenvalue weighted by Crippen LogP contribution is -2.47.